The molecule has 1 aromatic rings. The van der Waals surface area contributed by atoms with Gasteiger partial charge in [-0.2, -0.15) is 0 Å². The van der Waals surface area contributed by atoms with E-state index in [1.807, 2.05) is 17.2 Å². The quantitative estimate of drug-likeness (QED) is 0.828. The number of hydrogen-bond donors (Lipinski definition) is 1. The third-order valence-electron chi connectivity index (χ3n) is 4.52. The molecule has 24 heavy (non-hydrogen) atoms. The van der Waals surface area contributed by atoms with Gasteiger partial charge in [0.1, 0.15) is 0 Å². The first-order chi connectivity index (χ1) is 10.7. The Bertz CT molecular complexity index is 471. The van der Waals surface area contributed by atoms with Gasteiger partial charge < -0.3 is 10.2 Å². The largest absolute Gasteiger partial charge is 0.332 e. The summed E-state index contributed by atoms with van der Waals surface area (Å²) in [4.78, 5) is 21.6. The maximum absolute atomic E-state index is 13.1. The highest BCUT2D eigenvalue weighted by molar-refractivity contribution is 5.85. The summed E-state index contributed by atoms with van der Waals surface area (Å²) < 4.78 is 0. The average Bonchev–Trinajstić information content (AvgIpc) is 2.59. The number of carbonyl (C=O) groups is 1. The zero-order valence-electron chi connectivity index (χ0n) is 14.8. The number of likely N-dealkylation sites (N-methyl/N-ethyl adjacent to an activating group) is 1. The van der Waals surface area contributed by atoms with E-state index in [-0.39, 0.29) is 42.8 Å². The fraction of sp³-hybridized carbons (Fsp3) is 0.647. The molecular formula is C17H30Cl2N4O. The predicted octanol–water partition coefficient (Wildman–Crippen LogP) is 2.52. The van der Waals surface area contributed by atoms with Crippen molar-refractivity contribution in [2.75, 3.05) is 32.7 Å². The van der Waals surface area contributed by atoms with Crippen molar-refractivity contribution in [3.05, 3.63) is 30.1 Å². The number of pyridine rings is 1. The number of nitrogens with one attached hydrogen (secondary N) is 1. The number of nitrogens with zero attached hydrogens (tertiary/aromatic N) is 3. The zero-order valence-corrected chi connectivity index (χ0v) is 16.4. The summed E-state index contributed by atoms with van der Waals surface area (Å²) in [5.74, 6) is 0.251. The van der Waals surface area contributed by atoms with Crippen LogP contribution in [-0.2, 0) is 4.79 Å². The number of aromatic nitrogens is 1. The fourth-order valence-corrected chi connectivity index (χ4v) is 3.28. The van der Waals surface area contributed by atoms with Crippen LogP contribution < -0.4 is 5.32 Å². The van der Waals surface area contributed by atoms with Crippen molar-refractivity contribution in [1.82, 2.24) is 20.1 Å². The number of amides is 1. The van der Waals surface area contributed by atoms with Gasteiger partial charge in [0.25, 0.3) is 0 Å². The maximum Gasteiger partial charge on any atom is 0.240 e. The lowest BCUT2D eigenvalue weighted by Gasteiger charge is -2.40. The molecule has 0 spiro atoms. The topological polar surface area (TPSA) is 48.5 Å². The van der Waals surface area contributed by atoms with Gasteiger partial charge in [-0.15, -0.1) is 24.8 Å². The predicted molar refractivity (Wildman–Crippen MR) is 103 cm³/mol. The minimum Gasteiger partial charge on any atom is -0.332 e. The normalized spacial score (nSPS) is 18.5. The summed E-state index contributed by atoms with van der Waals surface area (Å²) in [6, 6.07) is 4.06. The number of rotatable bonds is 6. The van der Waals surface area contributed by atoms with Crippen molar-refractivity contribution in [2.24, 2.45) is 0 Å². The van der Waals surface area contributed by atoms with Gasteiger partial charge in [-0.05, 0) is 31.1 Å². The summed E-state index contributed by atoms with van der Waals surface area (Å²) in [5.41, 5.74) is 1.11. The number of halogens is 2. The Hall–Kier alpha value is -0.880. The van der Waals surface area contributed by atoms with Gasteiger partial charge >= 0.3 is 0 Å². The Morgan fingerprint density at radius 1 is 1.38 bits per heavy atom. The molecule has 0 aliphatic carbocycles. The lowest BCUT2D eigenvalue weighted by Crippen LogP contribution is -2.55. The maximum atomic E-state index is 13.1. The van der Waals surface area contributed by atoms with E-state index in [1.54, 1.807) is 6.20 Å². The number of hydrogen-bond acceptors (Lipinski definition) is 4. The monoisotopic (exact) mass is 376 g/mol. The number of piperazine rings is 1. The highest BCUT2D eigenvalue weighted by Gasteiger charge is 2.33. The molecule has 2 unspecified atom stereocenters. The van der Waals surface area contributed by atoms with Gasteiger partial charge in [-0.3, -0.25) is 14.7 Å². The summed E-state index contributed by atoms with van der Waals surface area (Å²) in [5, 5.41) is 3.40. The highest BCUT2D eigenvalue weighted by atomic mass is 35.5. The molecule has 0 bridgehead atoms. The van der Waals surface area contributed by atoms with Crippen LogP contribution in [0.2, 0.25) is 0 Å². The van der Waals surface area contributed by atoms with Gasteiger partial charge in [-0.1, -0.05) is 26.8 Å². The van der Waals surface area contributed by atoms with Gasteiger partial charge in [0.15, 0.2) is 0 Å². The van der Waals surface area contributed by atoms with Crippen LogP contribution in [0.4, 0.5) is 0 Å². The first-order valence-electron chi connectivity index (χ1n) is 8.38. The van der Waals surface area contributed by atoms with Gasteiger partial charge in [0.05, 0.1) is 12.1 Å². The second-order valence-corrected chi connectivity index (χ2v) is 5.68. The molecular weight excluding hydrogens is 347 g/mol. The van der Waals surface area contributed by atoms with Crippen molar-refractivity contribution in [3.8, 4) is 0 Å². The van der Waals surface area contributed by atoms with Crippen LogP contribution in [0.15, 0.2) is 24.5 Å². The van der Waals surface area contributed by atoms with Crippen LogP contribution in [0.3, 0.4) is 0 Å². The Morgan fingerprint density at radius 3 is 2.62 bits per heavy atom. The van der Waals surface area contributed by atoms with Crippen molar-refractivity contribution >= 4 is 30.7 Å². The molecule has 1 aliphatic rings. The van der Waals surface area contributed by atoms with Crippen molar-refractivity contribution < 1.29 is 4.79 Å². The molecule has 2 atom stereocenters. The molecule has 7 heteroatoms. The Morgan fingerprint density at radius 2 is 2.08 bits per heavy atom. The molecule has 138 valence electrons. The van der Waals surface area contributed by atoms with Crippen LogP contribution >= 0.6 is 24.8 Å². The van der Waals surface area contributed by atoms with Crippen LogP contribution in [0, 0.1) is 0 Å². The molecule has 0 saturated carbocycles. The number of carbonyl (C=O) groups excluding carboxylic acids is 1. The highest BCUT2D eigenvalue weighted by Crippen LogP contribution is 2.23. The third-order valence-corrected chi connectivity index (χ3v) is 4.52. The Labute approximate surface area is 158 Å². The minimum atomic E-state index is -0.0210. The molecule has 1 saturated heterocycles. The Kier molecular flexibility index (Phi) is 11.2. The van der Waals surface area contributed by atoms with Gasteiger partial charge in [0, 0.05) is 32.0 Å². The van der Waals surface area contributed by atoms with E-state index in [1.165, 1.54) is 0 Å². The second kappa shape index (κ2) is 11.6. The van der Waals surface area contributed by atoms with Crippen LogP contribution in [0.5, 0.6) is 0 Å². The summed E-state index contributed by atoms with van der Waals surface area (Å²) in [6.45, 7) is 10.6. The molecule has 1 amide bonds. The fourth-order valence-electron chi connectivity index (χ4n) is 3.28. The van der Waals surface area contributed by atoms with Crippen LogP contribution in [0.25, 0.3) is 0 Å². The summed E-state index contributed by atoms with van der Waals surface area (Å²) in [6.07, 6.45) is 4.50. The second-order valence-electron chi connectivity index (χ2n) is 5.68. The molecule has 1 aliphatic heterocycles. The molecule has 0 aromatic carbocycles. The lowest BCUT2D eigenvalue weighted by molar-refractivity contribution is -0.140. The first-order valence-corrected chi connectivity index (χ1v) is 8.38. The van der Waals surface area contributed by atoms with Crippen molar-refractivity contribution in [2.45, 2.75) is 39.3 Å². The van der Waals surface area contributed by atoms with Crippen molar-refractivity contribution in [1.29, 1.82) is 0 Å². The smallest absolute Gasteiger partial charge is 0.240 e. The summed E-state index contributed by atoms with van der Waals surface area (Å²) in [7, 11) is 0. The molecule has 1 fully saturated rings. The zero-order chi connectivity index (χ0) is 15.9. The average molecular weight is 377 g/mol. The SMILES string of the molecule is CCC(C(=O)N1CCNCC1c1cccnc1)N(CC)CC.Cl.Cl. The first kappa shape index (κ1) is 23.1. The van der Waals surface area contributed by atoms with Crippen LogP contribution in [-0.4, -0.2) is 59.5 Å². The van der Waals surface area contributed by atoms with E-state index in [2.05, 4.69) is 42.0 Å². The van der Waals surface area contributed by atoms with E-state index in [4.69, 9.17) is 0 Å². The van der Waals surface area contributed by atoms with Crippen molar-refractivity contribution in [3.63, 3.8) is 0 Å². The van der Waals surface area contributed by atoms with Gasteiger partial charge in [0.2, 0.25) is 5.91 Å². The molecule has 2 heterocycles. The van der Waals surface area contributed by atoms with E-state index in [9.17, 15) is 4.79 Å². The molecule has 2 rings (SSSR count). The van der Waals surface area contributed by atoms with E-state index in [0.29, 0.717) is 0 Å². The Balaban J connectivity index is 0.00000264. The van der Waals surface area contributed by atoms with E-state index >= 15 is 0 Å². The summed E-state index contributed by atoms with van der Waals surface area (Å²) >= 11 is 0. The molecule has 5 nitrogen and oxygen atoms in total. The van der Waals surface area contributed by atoms with E-state index in [0.717, 1.165) is 44.7 Å². The van der Waals surface area contributed by atoms with Gasteiger partial charge in [-0.25, -0.2) is 0 Å². The lowest BCUT2D eigenvalue weighted by atomic mass is 10.0. The third kappa shape index (κ3) is 5.31. The van der Waals surface area contributed by atoms with Crippen LogP contribution in [0.1, 0.15) is 38.8 Å². The molecule has 0 radical (unpaired) electrons. The van der Waals surface area contributed by atoms with E-state index < -0.39 is 0 Å². The minimum absolute atomic E-state index is 0. The molecule has 1 aromatic heterocycles. The standard InChI is InChI=1S/C17H28N4O.2ClH/c1-4-15(20(5-2)6-3)17(22)21-11-10-19-13-16(21)14-8-7-9-18-12-14;;/h7-9,12,15-16,19H,4-6,10-11,13H2,1-3H3;2*1H. The molecule has 1 N–H and O–H groups in total.